The molecule has 3 nitrogen and oxygen atoms in total. The first kappa shape index (κ1) is 13.4. The molecule has 16 heavy (non-hydrogen) atoms. The Morgan fingerprint density at radius 2 is 2.25 bits per heavy atom. The van der Waals surface area contributed by atoms with Crippen molar-refractivity contribution in [2.75, 3.05) is 5.32 Å². The number of thiocarbonyl (C=S) groups is 1. The Hall–Kier alpha value is -0.650. The van der Waals surface area contributed by atoms with Gasteiger partial charge in [0.1, 0.15) is 0 Å². The average Bonchev–Trinajstić information content (AvgIpc) is 2.22. The van der Waals surface area contributed by atoms with E-state index in [2.05, 4.69) is 26.6 Å². The van der Waals surface area contributed by atoms with Gasteiger partial charge >= 0.3 is 0 Å². The predicted molar refractivity (Wildman–Crippen MR) is 73.8 cm³/mol. The molecule has 1 amide bonds. The van der Waals surface area contributed by atoms with Crippen LogP contribution in [0.15, 0.2) is 22.7 Å². The number of hydrogen-bond acceptors (Lipinski definition) is 2. The number of halogens is 2. The zero-order valence-corrected chi connectivity index (χ0v) is 11.7. The zero-order chi connectivity index (χ0) is 12.1. The summed E-state index contributed by atoms with van der Waals surface area (Å²) in [5, 5.41) is 6.16. The Morgan fingerprint density at radius 3 is 2.81 bits per heavy atom. The van der Waals surface area contributed by atoms with Gasteiger partial charge in [0.15, 0.2) is 5.11 Å². The van der Waals surface area contributed by atoms with Gasteiger partial charge in [-0.3, -0.25) is 4.79 Å². The number of benzene rings is 1. The second-order valence-electron chi connectivity index (χ2n) is 2.98. The Kier molecular flexibility index (Phi) is 5.18. The van der Waals surface area contributed by atoms with Gasteiger partial charge in [0.05, 0.1) is 10.7 Å². The smallest absolute Gasteiger partial charge is 0.225 e. The van der Waals surface area contributed by atoms with E-state index in [0.29, 0.717) is 17.1 Å². The number of hydrogen-bond donors (Lipinski definition) is 2. The molecule has 0 unspecified atom stereocenters. The van der Waals surface area contributed by atoms with Crippen molar-refractivity contribution < 1.29 is 4.79 Å². The van der Waals surface area contributed by atoms with Crippen LogP contribution in [0.4, 0.5) is 5.69 Å². The highest BCUT2D eigenvalue weighted by Gasteiger charge is 2.05. The van der Waals surface area contributed by atoms with Gasteiger partial charge in [-0.15, -0.1) is 0 Å². The second kappa shape index (κ2) is 6.18. The molecule has 0 aliphatic rings. The summed E-state index contributed by atoms with van der Waals surface area (Å²) in [6.07, 6.45) is 0.385. The van der Waals surface area contributed by atoms with Crippen molar-refractivity contribution in [1.82, 2.24) is 5.32 Å². The van der Waals surface area contributed by atoms with Crippen LogP contribution in [0.25, 0.3) is 0 Å². The van der Waals surface area contributed by atoms with Crippen molar-refractivity contribution in [1.29, 1.82) is 0 Å². The Balaban J connectivity index is 2.66. The van der Waals surface area contributed by atoms with Gasteiger partial charge in [-0.25, -0.2) is 0 Å². The van der Waals surface area contributed by atoms with E-state index < -0.39 is 0 Å². The van der Waals surface area contributed by atoms with Crippen LogP contribution in [-0.4, -0.2) is 11.0 Å². The van der Waals surface area contributed by atoms with E-state index in [0.717, 1.165) is 4.47 Å². The molecule has 0 saturated carbocycles. The van der Waals surface area contributed by atoms with Gasteiger partial charge in [0, 0.05) is 10.9 Å². The Labute approximate surface area is 113 Å². The first-order valence-electron chi connectivity index (χ1n) is 4.58. The van der Waals surface area contributed by atoms with Crippen LogP contribution in [0.2, 0.25) is 5.02 Å². The van der Waals surface area contributed by atoms with Gasteiger partial charge in [-0.1, -0.05) is 34.5 Å². The summed E-state index contributed by atoms with van der Waals surface area (Å²) in [7, 11) is 0. The summed E-state index contributed by atoms with van der Waals surface area (Å²) in [6, 6.07) is 5.35. The zero-order valence-electron chi connectivity index (χ0n) is 8.51. The lowest BCUT2D eigenvalue weighted by Crippen LogP contribution is -2.33. The van der Waals surface area contributed by atoms with Crippen molar-refractivity contribution in [2.24, 2.45) is 0 Å². The minimum Gasteiger partial charge on any atom is -0.331 e. The molecule has 2 N–H and O–H groups in total. The molecular weight excluding hydrogens is 312 g/mol. The molecule has 0 saturated heterocycles. The van der Waals surface area contributed by atoms with E-state index in [-0.39, 0.29) is 11.0 Å². The highest BCUT2D eigenvalue weighted by molar-refractivity contribution is 9.10. The van der Waals surface area contributed by atoms with Crippen LogP contribution in [0, 0.1) is 0 Å². The van der Waals surface area contributed by atoms with E-state index >= 15 is 0 Å². The molecule has 86 valence electrons. The molecule has 0 aromatic heterocycles. The number of carbonyl (C=O) groups is 1. The lowest BCUT2D eigenvalue weighted by Gasteiger charge is -2.10. The molecule has 6 heteroatoms. The number of rotatable bonds is 2. The maximum atomic E-state index is 11.1. The lowest BCUT2D eigenvalue weighted by molar-refractivity contribution is -0.119. The number of anilines is 1. The fourth-order valence-electron chi connectivity index (χ4n) is 0.959. The quantitative estimate of drug-likeness (QED) is 0.821. The van der Waals surface area contributed by atoms with E-state index in [1.165, 1.54) is 0 Å². The minimum atomic E-state index is -0.134. The SMILES string of the molecule is CCC(=O)NC(=S)Nc1ccc(Br)cc1Cl. The van der Waals surface area contributed by atoms with Gasteiger partial charge in [0.25, 0.3) is 0 Å². The van der Waals surface area contributed by atoms with Crippen molar-refractivity contribution in [2.45, 2.75) is 13.3 Å². The number of amides is 1. The van der Waals surface area contributed by atoms with Crippen LogP contribution in [0.3, 0.4) is 0 Å². The van der Waals surface area contributed by atoms with Crippen molar-refractivity contribution in [3.63, 3.8) is 0 Å². The molecule has 1 aromatic rings. The van der Waals surface area contributed by atoms with E-state index in [9.17, 15) is 4.79 Å². The summed E-state index contributed by atoms with van der Waals surface area (Å²) >= 11 is 14.2. The largest absolute Gasteiger partial charge is 0.331 e. The van der Waals surface area contributed by atoms with Gasteiger partial charge in [-0.05, 0) is 30.4 Å². The topological polar surface area (TPSA) is 41.1 Å². The third-order valence-electron chi connectivity index (χ3n) is 1.75. The molecule has 0 bridgehead atoms. The van der Waals surface area contributed by atoms with Gasteiger partial charge in [-0.2, -0.15) is 0 Å². The number of nitrogens with one attached hydrogen (secondary N) is 2. The maximum absolute atomic E-state index is 11.1. The highest BCUT2D eigenvalue weighted by atomic mass is 79.9. The number of carbonyl (C=O) groups excluding carboxylic acids is 1. The third kappa shape index (κ3) is 4.08. The standard InChI is InChI=1S/C10H10BrClN2OS/c1-2-9(15)14-10(16)13-8-4-3-6(11)5-7(8)12/h3-5H,2H2,1H3,(H2,13,14,15,16). The van der Waals surface area contributed by atoms with E-state index in [4.69, 9.17) is 23.8 Å². The normalized spacial score (nSPS) is 9.69. The van der Waals surface area contributed by atoms with Gasteiger partial charge in [0.2, 0.25) is 5.91 Å². The van der Waals surface area contributed by atoms with Gasteiger partial charge < -0.3 is 10.6 Å². The Morgan fingerprint density at radius 1 is 1.56 bits per heavy atom. The first-order chi connectivity index (χ1) is 7.52. The highest BCUT2D eigenvalue weighted by Crippen LogP contribution is 2.25. The summed E-state index contributed by atoms with van der Waals surface area (Å²) in [4.78, 5) is 11.1. The summed E-state index contributed by atoms with van der Waals surface area (Å²) in [5.74, 6) is -0.134. The molecule has 0 spiro atoms. The molecule has 0 aliphatic heterocycles. The van der Waals surface area contributed by atoms with Crippen molar-refractivity contribution >= 4 is 56.5 Å². The Bertz CT molecular complexity index is 425. The first-order valence-corrected chi connectivity index (χ1v) is 6.16. The summed E-state index contributed by atoms with van der Waals surface area (Å²) in [5.41, 5.74) is 0.659. The van der Waals surface area contributed by atoms with Crippen molar-refractivity contribution in [3.8, 4) is 0 Å². The fourth-order valence-corrected chi connectivity index (χ4v) is 1.90. The van der Waals surface area contributed by atoms with Crippen LogP contribution >= 0.6 is 39.7 Å². The van der Waals surface area contributed by atoms with Crippen LogP contribution in [-0.2, 0) is 4.79 Å². The van der Waals surface area contributed by atoms with Crippen LogP contribution < -0.4 is 10.6 Å². The molecule has 1 rings (SSSR count). The second-order valence-corrected chi connectivity index (χ2v) is 4.71. The fraction of sp³-hybridized carbons (Fsp3) is 0.200. The lowest BCUT2D eigenvalue weighted by atomic mass is 10.3. The minimum absolute atomic E-state index is 0.134. The molecule has 0 atom stereocenters. The summed E-state index contributed by atoms with van der Waals surface area (Å²) in [6.45, 7) is 1.75. The van der Waals surface area contributed by atoms with Crippen LogP contribution in [0.1, 0.15) is 13.3 Å². The maximum Gasteiger partial charge on any atom is 0.225 e. The molecule has 1 aromatic carbocycles. The molecule has 0 radical (unpaired) electrons. The van der Waals surface area contributed by atoms with E-state index in [1.807, 2.05) is 6.07 Å². The van der Waals surface area contributed by atoms with Crippen molar-refractivity contribution in [3.05, 3.63) is 27.7 Å². The van der Waals surface area contributed by atoms with Crippen LogP contribution in [0.5, 0.6) is 0 Å². The third-order valence-corrected chi connectivity index (χ3v) is 2.76. The molecule has 0 heterocycles. The average molecular weight is 322 g/mol. The monoisotopic (exact) mass is 320 g/mol. The molecule has 0 aliphatic carbocycles. The van der Waals surface area contributed by atoms with E-state index in [1.54, 1.807) is 19.1 Å². The predicted octanol–water partition coefficient (Wildman–Crippen LogP) is 3.33. The molecular formula is C10H10BrClN2OS. The molecule has 0 fully saturated rings. The summed E-state index contributed by atoms with van der Waals surface area (Å²) < 4.78 is 0.881.